The van der Waals surface area contributed by atoms with Gasteiger partial charge in [0.25, 0.3) is 0 Å². The molecule has 2 heterocycles. The van der Waals surface area contributed by atoms with E-state index in [9.17, 15) is 0 Å². The lowest BCUT2D eigenvalue weighted by molar-refractivity contribution is 0.202. The third-order valence-corrected chi connectivity index (χ3v) is 3.74. The zero-order valence-electron chi connectivity index (χ0n) is 10.3. The molecule has 0 spiro atoms. The largest absolute Gasteiger partial charge is 0.393 e. The Morgan fingerprint density at radius 1 is 1.53 bits per heavy atom. The molecular weight excluding hydrogens is 232 g/mol. The topological polar surface area (TPSA) is 47.1 Å². The SMILES string of the molecule is CCn1cc(CN2CCC(C(N)=S)CC2)cn1. The first-order valence-corrected chi connectivity index (χ1v) is 6.63. The maximum absolute atomic E-state index is 5.69. The van der Waals surface area contributed by atoms with Gasteiger partial charge in [-0.15, -0.1) is 0 Å². The molecular formula is C12H20N4S. The van der Waals surface area contributed by atoms with Crippen LogP contribution in [0.5, 0.6) is 0 Å². The summed E-state index contributed by atoms with van der Waals surface area (Å²) in [6, 6.07) is 0. The summed E-state index contributed by atoms with van der Waals surface area (Å²) in [4.78, 5) is 3.13. The van der Waals surface area contributed by atoms with Crippen LogP contribution in [0.4, 0.5) is 0 Å². The molecule has 1 aliphatic rings. The third kappa shape index (κ3) is 3.26. The van der Waals surface area contributed by atoms with Crippen molar-refractivity contribution < 1.29 is 0 Å². The van der Waals surface area contributed by atoms with Gasteiger partial charge in [-0.3, -0.25) is 9.58 Å². The van der Waals surface area contributed by atoms with Crippen LogP contribution in [0.25, 0.3) is 0 Å². The summed E-state index contributed by atoms with van der Waals surface area (Å²) >= 11 is 5.05. The molecule has 2 rings (SSSR count). The average Bonchev–Trinajstić information content (AvgIpc) is 2.77. The van der Waals surface area contributed by atoms with E-state index in [1.165, 1.54) is 5.56 Å². The molecule has 1 saturated heterocycles. The first kappa shape index (κ1) is 12.5. The van der Waals surface area contributed by atoms with Gasteiger partial charge in [-0.2, -0.15) is 5.10 Å². The monoisotopic (exact) mass is 252 g/mol. The van der Waals surface area contributed by atoms with Gasteiger partial charge in [0, 0.05) is 30.8 Å². The Kier molecular flexibility index (Phi) is 4.12. The van der Waals surface area contributed by atoms with Crippen molar-refractivity contribution in [3.63, 3.8) is 0 Å². The second-order valence-corrected chi connectivity index (χ2v) is 5.13. The van der Waals surface area contributed by atoms with Crippen LogP contribution in [0.2, 0.25) is 0 Å². The van der Waals surface area contributed by atoms with Gasteiger partial charge in [-0.05, 0) is 32.9 Å². The van der Waals surface area contributed by atoms with Crippen LogP contribution in [0.1, 0.15) is 25.3 Å². The fraction of sp³-hybridized carbons (Fsp3) is 0.667. The average molecular weight is 252 g/mol. The van der Waals surface area contributed by atoms with E-state index in [2.05, 4.69) is 23.1 Å². The molecule has 0 aromatic carbocycles. The second-order valence-electron chi connectivity index (χ2n) is 4.66. The Hall–Kier alpha value is -0.940. The lowest BCUT2D eigenvalue weighted by atomic mass is 9.97. The van der Waals surface area contributed by atoms with Crippen molar-refractivity contribution >= 4 is 17.2 Å². The minimum atomic E-state index is 0.444. The molecule has 1 aliphatic heterocycles. The summed E-state index contributed by atoms with van der Waals surface area (Å²) in [7, 11) is 0. The van der Waals surface area contributed by atoms with E-state index in [0.29, 0.717) is 10.9 Å². The maximum Gasteiger partial charge on any atom is 0.0759 e. The Balaban J connectivity index is 1.83. The lowest BCUT2D eigenvalue weighted by Gasteiger charge is -2.30. The number of likely N-dealkylation sites (tertiary alicyclic amines) is 1. The van der Waals surface area contributed by atoms with Gasteiger partial charge in [-0.1, -0.05) is 12.2 Å². The highest BCUT2D eigenvalue weighted by atomic mass is 32.1. The number of rotatable bonds is 4. The molecule has 94 valence electrons. The summed E-state index contributed by atoms with van der Waals surface area (Å²) in [5.74, 6) is 0.444. The van der Waals surface area contributed by atoms with E-state index in [1.807, 2.05) is 10.9 Å². The number of piperidine rings is 1. The smallest absolute Gasteiger partial charge is 0.0759 e. The molecule has 1 fully saturated rings. The lowest BCUT2D eigenvalue weighted by Crippen LogP contribution is -2.37. The highest BCUT2D eigenvalue weighted by molar-refractivity contribution is 7.80. The molecule has 0 bridgehead atoms. The molecule has 0 amide bonds. The summed E-state index contributed by atoms with van der Waals surface area (Å²) in [5.41, 5.74) is 6.98. The van der Waals surface area contributed by atoms with Crippen LogP contribution in [0.3, 0.4) is 0 Å². The number of nitrogens with zero attached hydrogens (tertiary/aromatic N) is 3. The first-order valence-electron chi connectivity index (χ1n) is 6.22. The minimum Gasteiger partial charge on any atom is -0.393 e. The Morgan fingerprint density at radius 3 is 2.76 bits per heavy atom. The molecule has 2 N–H and O–H groups in total. The number of thiocarbonyl (C=S) groups is 1. The van der Waals surface area contributed by atoms with Crippen LogP contribution in [-0.4, -0.2) is 32.8 Å². The van der Waals surface area contributed by atoms with Crippen molar-refractivity contribution in [2.24, 2.45) is 11.7 Å². The number of nitrogens with two attached hydrogens (primary N) is 1. The van der Waals surface area contributed by atoms with Gasteiger partial charge in [0.2, 0.25) is 0 Å². The van der Waals surface area contributed by atoms with Crippen LogP contribution in [-0.2, 0) is 13.1 Å². The molecule has 4 nitrogen and oxygen atoms in total. The number of hydrogen-bond acceptors (Lipinski definition) is 3. The fourth-order valence-corrected chi connectivity index (χ4v) is 2.53. The molecule has 1 aromatic heterocycles. The van der Waals surface area contributed by atoms with Gasteiger partial charge in [0.15, 0.2) is 0 Å². The molecule has 1 aromatic rings. The summed E-state index contributed by atoms with van der Waals surface area (Å²) in [5, 5.41) is 4.29. The van der Waals surface area contributed by atoms with E-state index >= 15 is 0 Å². The standard InChI is InChI=1S/C12H20N4S/c1-2-16-9-10(7-14-16)8-15-5-3-11(4-6-15)12(13)17/h7,9,11H,2-6,8H2,1H3,(H2,13,17). The van der Waals surface area contributed by atoms with E-state index < -0.39 is 0 Å². The van der Waals surface area contributed by atoms with Crippen molar-refractivity contribution in [2.45, 2.75) is 32.9 Å². The number of aryl methyl sites for hydroxylation is 1. The van der Waals surface area contributed by atoms with Gasteiger partial charge >= 0.3 is 0 Å². The van der Waals surface area contributed by atoms with E-state index in [4.69, 9.17) is 18.0 Å². The zero-order valence-corrected chi connectivity index (χ0v) is 11.1. The zero-order chi connectivity index (χ0) is 12.3. The Bertz CT molecular complexity index is 380. The highest BCUT2D eigenvalue weighted by Crippen LogP contribution is 2.19. The molecule has 5 heteroatoms. The van der Waals surface area contributed by atoms with Gasteiger partial charge < -0.3 is 5.73 Å². The molecule has 0 aliphatic carbocycles. The summed E-state index contributed by atoms with van der Waals surface area (Å²) < 4.78 is 1.97. The van der Waals surface area contributed by atoms with Crippen LogP contribution in [0, 0.1) is 5.92 Å². The number of hydrogen-bond donors (Lipinski definition) is 1. The van der Waals surface area contributed by atoms with Gasteiger partial charge in [-0.25, -0.2) is 0 Å². The van der Waals surface area contributed by atoms with E-state index in [-0.39, 0.29) is 0 Å². The van der Waals surface area contributed by atoms with Crippen molar-refractivity contribution in [3.8, 4) is 0 Å². The van der Waals surface area contributed by atoms with E-state index in [0.717, 1.165) is 39.0 Å². The van der Waals surface area contributed by atoms with Gasteiger partial charge in [0.1, 0.15) is 0 Å². The van der Waals surface area contributed by atoms with Crippen molar-refractivity contribution in [3.05, 3.63) is 18.0 Å². The predicted molar refractivity (Wildman–Crippen MR) is 72.7 cm³/mol. The van der Waals surface area contributed by atoms with Gasteiger partial charge in [0.05, 0.1) is 11.2 Å². The predicted octanol–water partition coefficient (Wildman–Crippen LogP) is 1.40. The molecule has 0 radical (unpaired) electrons. The van der Waals surface area contributed by atoms with Crippen LogP contribution < -0.4 is 5.73 Å². The normalized spacial score (nSPS) is 18.4. The molecule has 17 heavy (non-hydrogen) atoms. The molecule has 0 saturated carbocycles. The maximum atomic E-state index is 5.69. The Morgan fingerprint density at radius 2 is 2.24 bits per heavy atom. The van der Waals surface area contributed by atoms with Crippen LogP contribution in [0.15, 0.2) is 12.4 Å². The van der Waals surface area contributed by atoms with Crippen molar-refractivity contribution in [1.29, 1.82) is 0 Å². The fourth-order valence-electron chi connectivity index (χ4n) is 2.29. The van der Waals surface area contributed by atoms with Crippen LogP contribution >= 0.6 is 12.2 Å². The summed E-state index contributed by atoms with van der Waals surface area (Å²) in [6.07, 6.45) is 6.28. The first-order chi connectivity index (χ1) is 8.19. The number of aromatic nitrogens is 2. The quantitative estimate of drug-likeness (QED) is 0.823. The molecule has 0 unspecified atom stereocenters. The van der Waals surface area contributed by atoms with E-state index in [1.54, 1.807) is 0 Å². The minimum absolute atomic E-state index is 0.444. The highest BCUT2D eigenvalue weighted by Gasteiger charge is 2.21. The summed E-state index contributed by atoms with van der Waals surface area (Å²) in [6.45, 7) is 6.19. The van der Waals surface area contributed by atoms with Crippen molar-refractivity contribution in [2.75, 3.05) is 13.1 Å². The van der Waals surface area contributed by atoms with Crippen molar-refractivity contribution in [1.82, 2.24) is 14.7 Å². The second kappa shape index (κ2) is 5.60. The Labute approximate surface area is 108 Å². The third-order valence-electron chi connectivity index (χ3n) is 3.41. The molecule has 0 atom stereocenters.